The van der Waals surface area contributed by atoms with Gasteiger partial charge in [-0.05, 0) is 31.1 Å². The Bertz CT molecular complexity index is 962. The maximum atomic E-state index is 12.8. The zero-order valence-corrected chi connectivity index (χ0v) is 43.2. The molecule has 0 aromatic rings. The molecule has 0 heterocycles. The van der Waals surface area contributed by atoms with Crippen LogP contribution in [0.25, 0.3) is 0 Å². The van der Waals surface area contributed by atoms with Gasteiger partial charge in [0.2, 0.25) is 0 Å². The molecule has 0 aliphatic rings. The van der Waals surface area contributed by atoms with Crippen LogP contribution < -0.4 is 0 Å². The van der Waals surface area contributed by atoms with Gasteiger partial charge in [-0.15, -0.1) is 0 Å². The van der Waals surface area contributed by atoms with Gasteiger partial charge in [-0.2, -0.15) is 0 Å². The van der Waals surface area contributed by atoms with Crippen LogP contribution in [0.3, 0.4) is 0 Å². The molecule has 0 amide bonds. The molecule has 0 aromatic heterocycles. The lowest BCUT2D eigenvalue weighted by Gasteiger charge is -2.18. The third-order valence-electron chi connectivity index (χ3n) is 13.0. The molecule has 63 heavy (non-hydrogen) atoms. The molecule has 0 aliphatic carbocycles. The second-order valence-corrected chi connectivity index (χ2v) is 20.5. The number of unbranched alkanes of at least 4 members (excludes halogenated alkanes) is 36. The van der Waals surface area contributed by atoms with Crippen molar-refractivity contribution in [2.45, 2.75) is 323 Å². The normalized spacial score (nSPS) is 12.0. The number of rotatable bonds is 51. The Hall–Kier alpha value is -1.59. The molecule has 0 rings (SSSR count). The molecule has 0 aromatic carbocycles. The lowest BCUT2D eigenvalue weighted by atomic mass is 10.0. The van der Waals surface area contributed by atoms with Crippen LogP contribution >= 0.6 is 0 Å². The standard InChI is InChI=1S/C57H110O6/c1-6-7-8-9-10-11-12-13-14-15-22-27-32-37-42-47-55(58)61-50-54(63-57(60)49-44-39-34-29-24-19-17-21-26-31-36-41-46-53(4)5)51-62-56(59)48-43-38-33-28-23-18-16-20-25-30-35-40-45-52(2)3/h52-54H,6-51H2,1-5H3/t54-/m0/s1. The van der Waals surface area contributed by atoms with Crippen LogP contribution in [-0.4, -0.2) is 37.2 Å². The monoisotopic (exact) mass is 891 g/mol. The van der Waals surface area contributed by atoms with Gasteiger partial charge in [0.1, 0.15) is 13.2 Å². The topological polar surface area (TPSA) is 78.9 Å². The summed E-state index contributed by atoms with van der Waals surface area (Å²) in [6, 6.07) is 0. The molecular formula is C57H110O6. The van der Waals surface area contributed by atoms with E-state index in [4.69, 9.17) is 14.2 Å². The summed E-state index contributed by atoms with van der Waals surface area (Å²) in [5, 5.41) is 0. The summed E-state index contributed by atoms with van der Waals surface area (Å²) < 4.78 is 16.9. The van der Waals surface area contributed by atoms with Gasteiger partial charge in [-0.3, -0.25) is 14.4 Å². The number of hydrogen-bond acceptors (Lipinski definition) is 6. The summed E-state index contributed by atoms with van der Waals surface area (Å²) in [6.07, 6.45) is 52.3. The Morgan fingerprint density at radius 2 is 0.524 bits per heavy atom. The summed E-state index contributed by atoms with van der Waals surface area (Å²) in [5.41, 5.74) is 0. The number of ether oxygens (including phenoxy) is 3. The summed E-state index contributed by atoms with van der Waals surface area (Å²) >= 11 is 0. The van der Waals surface area contributed by atoms with E-state index in [0.717, 1.165) is 69.6 Å². The van der Waals surface area contributed by atoms with E-state index in [9.17, 15) is 14.4 Å². The van der Waals surface area contributed by atoms with Crippen molar-refractivity contribution in [2.75, 3.05) is 13.2 Å². The average molecular weight is 892 g/mol. The molecule has 0 unspecified atom stereocenters. The van der Waals surface area contributed by atoms with E-state index in [1.807, 2.05) is 0 Å². The van der Waals surface area contributed by atoms with Crippen LogP contribution in [0.1, 0.15) is 317 Å². The first-order chi connectivity index (χ1) is 30.7. The van der Waals surface area contributed by atoms with Gasteiger partial charge < -0.3 is 14.2 Å². The van der Waals surface area contributed by atoms with Crippen molar-refractivity contribution in [1.29, 1.82) is 0 Å². The summed E-state index contributed by atoms with van der Waals surface area (Å²) in [5.74, 6) is 0.825. The van der Waals surface area contributed by atoms with Gasteiger partial charge in [0.15, 0.2) is 6.10 Å². The highest BCUT2D eigenvalue weighted by Gasteiger charge is 2.19. The predicted octanol–water partition coefficient (Wildman–Crippen LogP) is 18.5. The fourth-order valence-electron chi connectivity index (χ4n) is 8.70. The Labute approximate surface area is 393 Å². The van der Waals surface area contributed by atoms with Gasteiger partial charge in [0.05, 0.1) is 0 Å². The molecular weight excluding hydrogens is 781 g/mol. The van der Waals surface area contributed by atoms with E-state index >= 15 is 0 Å². The second kappa shape index (κ2) is 49.8. The Kier molecular flexibility index (Phi) is 48.6. The minimum Gasteiger partial charge on any atom is -0.462 e. The van der Waals surface area contributed by atoms with E-state index in [0.29, 0.717) is 19.3 Å². The maximum absolute atomic E-state index is 12.8. The van der Waals surface area contributed by atoms with Gasteiger partial charge in [-0.25, -0.2) is 0 Å². The van der Waals surface area contributed by atoms with E-state index in [-0.39, 0.29) is 31.1 Å². The lowest BCUT2D eigenvalue weighted by Crippen LogP contribution is -2.30. The molecule has 0 radical (unpaired) electrons. The van der Waals surface area contributed by atoms with Crippen LogP contribution in [0, 0.1) is 11.8 Å². The van der Waals surface area contributed by atoms with E-state index in [1.165, 1.54) is 205 Å². The third-order valence-corrected chi connectivity index (χ3v) is 13.0. The highest BCUT2D eigenvalue weighted by molar-refractivity contribution is 5.71. The van der Waals surface area contributed by atoms with E-state index in [1.54, 1.807) is 0 Å². The third kappa shape index (κ3) is 51.3. The minimum absolute atomic E-state index is 0.0628. The van der Waals surface area contributed by atoms with Gasteiger partial charge >= 0.3 is 17.9 Å². The highest BCUT2D eigenvalue weighted by atomic mass is 16.6. The summed E-state index contributed by atoms with van der Waals surface area (Å²) in [7, 11) is 0. The second-order valence-electron chi connectivity index (χ2n) is 20.5. The fraction of sp³-hybridized carbons (Fsp3) is 0.947. The maximum Gasteiger partial charge on any atom is 0.306 e. The van der Waals surface area contributed by atoms with Crippen LogP contribution in [0.15, 0.2) is 0 Å². The molecule has 374 valence electrons. The molecule has 6 heteroatoms. The fourth-order valence-corrected chi connectivity index (χ4v) is 8.70. The molecule has 0 N–H and O–H groups in total. The number of carbonyl (C=O) groups is 3. The van der Waals surface area contributed by atoms with Gasteiger partial charge in [-0.1, -0.05) is 279 Å². The zero-order valence-electron chi connectivity index (χ0n) is 43.2. The number of carbonyl (C=O) groups excluding carboxylic acids is 3. The molecule has 6 nitrogen and oxygen atoms in total. The van der Waals surface area contributed by atoms with E-state index in [2.05, 4.69) is 34.6 Å². The van der Waals surface area contributed by atoms with Crippen molar-refractivity contribution in [3.63, 3.8) is 0 Å². The summed E-state index contributed by atoms with van der Waals surface area (Å²) in [6.45, 7) is 11.4. The van der Waals surface area contributed by atoms with Gasteiger partial charge in [0.25, 0.3) is 0 Å². The predicted molar refractivity (Wildman–Crippen MR) is 270 cm³/mol. The van der Waals surface area contributed by atoms with Gasteiger partial charge in [0, 0.05) is 19.3 Å². The molecule has 0 aliphatic heterocycles. The van der Waals surface area contributed by atoms with Crippen molar-refractivity contribution in [2.24, 2.45) is 11.8 Å². The lowest BCUT2D eigenvalue weighted by molar-refractivity contribution is -0.167. The first kappa shape index (κ1) is 61.4. The van der Waals surface area contributed by atoms with Crippen molar-refractivity contribution in [3.8, 4) is 0 Å². The van der Waals surface area contributed by atoms with Crippen molar-refractivity contribution >= 4 is 17.9 Å². The van der Waals surface area contributed by atoms with Crippen molar-refractivity contribution < 1.29 is 28.6 Å². The number of esters is 3. The van der Waals surface area contributed by atoms with Crippen molar-refractivity contribution in [1.82, 2.24) is 0 Å². The Morgan fingerprint density at radius 1 is 0.302 bits per heavy atom. The molecule has 0 fully saturated rings. The van der Waals surface area contributed by atoms with Crippen LogP contribution in [-0.2, 0) is 28.6 Å². The van der Waals surface area contributed by atoms with Crippen molar-refractivity contribution in [3.05, 3.63) is 0 Å². The largest absolute Gasteiger partial charge is 0.462 e. The molecule has 0 spiro atoms. The quantitative estimate of drug-likeness (QED) is 0.0344. The smallest absolute Gasteiger partial charge is 0.306 e. The SMILES string of the molecule is CCCCCCCCCCCCCCCCCC(=O)OC[C@@H](COC(=O)CCCCCCCCCCCCCCC(C)C)OC(=O)CCCCCCCCCCCCCCC(C)C. The first-order valence-corrected chi connectivity index (χ1v) is 28.2. The van der Waals surface area contributed by atoms with Crippen LogP contribution in [0.5, 0.6) is 0 Å². The highest BCUT2D eigenvalue weighted by Crippen LogP contribution is 2.18. The zero-order chi connectivity index (χ0) is 46.1. The molecule has 0 saturated carbocycles. The van der Waals surface area contributed by atoms with Crippen LogP contribution in [0.4, 0.5) is 0 Å². The average Bonchev–Trinajstić information content (AvgIpc) is 3.25. The van der Waals surface area contributed by atoms with Crippen LogP contribution in [0.2, 0.25) is 0 Å². The Balaban J connectivity index is 4.31. The molecule has 1 atom stereocenters. The minimum atomic E-state index is -0.762. The van der Waals surface area contributed by atoms with E-state index < -0.39 is 6.10 Å². The molecule has 0 saturated heterocycles. The molecule has 0 bridgehead atoms. The summed E-state index contributed by atoms with van der Waals surface area (Å²) in [4.78, 5) is 38.1. The number of hydrogen-bond donors (Lipinski definition) is 0. The Morgan fingerprint density at radius 3 is 0.778 bits per heavy atom. The first-order valence-electron chi connectivity index (χ1n) is 28.2.